The molecule has 0 saturated heterocycles. The zero-order valence-electron chi connectivity index (χ0n) is 11.3. The summed E-state index contributed by atoms with van der Waals surface area (Å²) in [6, 6.07) is 1.28. The summed E-state index contributed by atoms with van der Waals surface area (Å²) in [5.41, 5.74) is -0.408. The van der Waals surface area contributed by atoms with E-state index in [-0.39, 0.29) is 23.1 Å². The summed E-state index contributed by atoms with van der Waals surface area (Å²) in [4.78, 5) is 23.3. The standard InChI is InChI=1S/C12H16F2N2O3S/c1-12(2,3)16-8(17)6-15-10(18)9-7(4-5-20-9)19-11(13)14/h4-5,11H,6H2,1-3H3,(H,15,18)(H,16,17). The highest BCUT2D eigenvalue weighted by atomic mass is 32.1. The first-order chi connectivity index (χ1) is 9.19. The van der Waals surface area contributed by atoms with Gasteiger partial charge in [0.2, 0.25) is 5.91 Å². The highest BCUT2D eigenvalue weighted by Crippen LogP contribution is 2.26. The molecule has 0 spiro atoms. The summed E-state index contributed by atoms with van der Waals surface area (Å²) in [6.45, 7) is 2.18. The monoisotopic (exact) mass is 306 g/mol. The van der Waals surface area contributed by atoms with E-state index in [0.29, 0.717) is 0 Å². The molecule has 0 atom stereocenters. The maximum absolute atomic E-state index is 12.1. The lowest BCUT2D eigenvalue weighted by Crippen LogP contribution is -2.45. The predicted molar refractivity (Wildman–Crippen MR) is 71.2 cm³/mol. The van der Waals surface area contributed by atoms with E-state index in [2.05, 4.69) is 15.4 Å². The zero-order valence-corrected chi connectivity index (χ0v) is 12.1. The highest BCUT2D eigenvalue weighted by Gasteiger charge is 2.19. The minimum absolute atomic E-state index is 0.00820. The maximum atomic E-state index is 12.1. The molecule has 5 nitrogen and oxygen atoms in total. The van der Waals surface area contributed by atoms with Crippen molar-refractivity contribution in [2.45, 2.75) is 32.9 Å². The third kappa shape index (κ3) is 5.52. The maximum Gasteiger partial charge on any atom is 0.387 e. The lowest BCUT2D eigenvalue weighted by Gasteiger charge is -2.20. The van der Waals surface area contributed by atoms with Crippen LogP contribution in [0.4, 0.5) is 8.78 Å². The third-order valence-corrected chi connectivity index (χ3v) is 2.87. The van der Waals surface area contributed by atoms with Gasteiger partial charge in [0.05, 0.1) is 6.54 Å². The minimum atomic E-state index is -3.00. The van der Waals surface area contributed by atoms with Crippen LogP contribution < -0.4 is 15.4 Å². The first-order valence-corrected chi connectivity index (χ1v) is 6.68. The van der Waals surface area contributed by atoms with Crippen LogP contribution in [0.25, 0.3) is 0 Å². The fourth-order valence-electron chi connectivity index (χ4n) is 1.36. The molecule has 0 bridgehead atoms. The van der Waals surface area contributed by atoms with E-state index in [9.17, 15) is 18.4 Å². The Balaban J connectivity index is 2.55. The molecule has 0 aromatic carbocycles. The van der Waals surface area contributed by atoms with Gasteiger partial charge in [-0.15, -0.1) is 11.3 Å². The number of alkyl halides is 2. The van der Waals surface area contributed by atoms with E-state index < -0.39 is 18.1 Å². The number of halogens is 2. The Labute approximate surface area is 119 Å². The van der Waals surface area contributed by atoms with E-state index in [1.807, 2.05) is 0 Å². The Morgan fingerprint density at radius 2 is 2.05 bits per heavy atom. The number of hydrogen-bond donors (Lipinski definition) is 2. The van der Waals surface area contributed by atoms with Gasteiger partial charge in [0.25, 0.3) is 5.91 Å². The van der Waals surface area contributed by atoms with E-state index in [4.69, 9.17) is 0 Å². The van der Waals surface area contributed by atoms with Crippen molar-refractivity contribution in [3.05, 3.63) is 16.3 Å². The fraction of sp³-hybridized carbons (Fsp3) is 0.500. The molecule has 1 aromatic rings. The van der Waals surface area contributed by atoms with Crippen molar-refractivity contribution in [2.24, 2.45) is 0 Å². The van der Waals surface area contributed by atoms with E-state index in [1.165, 1.54) is 11.4 Å². The number of rotatable bonds is 5. The van der Waals surface area contributed by atoms with Crippen LogP contribution in [0.15, 0.2) is 11.4 Å². The van der Waals surface area contributed by atoms with Crippen molar-refractivity contribution >= 4 is 23.2 Å². The summed E-state index contributed by atoms with van der Waals surface area (Å²) < 4.78 is 28.5. The average molecular weight is 306 g/mol. The van der Waals surface area contributed by atoms with Gasteiger partial charge < -0.3 is 15.4 Å². The number of nitrogens with one attached hydrogen (secondary N) is 2. The van der Waals surface area contributed by atoms with Crippen LogP contribution in [0, 0.1) is 0 Å². The van der Waals surface area contributed by atoms with E-state index >= 15 is 0 Å². The van der Waals surface area contributed by atoms with Gasteiger partial charge in [-0.25, -0.2) is 0 Å². The molecule has 1 rings (SSSR count). The summed E-state index contributed by atoms with van der Waals surface area (Å²) in [5, 5.41) is 6.48. The van der Waals surface area contributed by atoms with Gasteiger partial charge in [0.1, 0.15) is 10.6 Å². The molecule has 0 aliphatic heterocycles. The number of amides is 2. The largest absolute Gasteiger partial charge is 0.433 e. The molecule has 0 aliphatic rings. The first kappa shape index (κ1) is 16.4. The Kier molecular flexibility index (Phi) is 5.43. The quantitative estimate of drug-likeness (QED) is 0.874. The summed E-state index contributed by atoms with van der Waals surface area (Å²) in [6.07, 6.45) is 0. The van der Waals surface area contributed by atoms with Crippen LogP contribution in [-0.4, -0.2) is 30.5 Å². The van der Waals surface area contributed by atoms with Crippen molar-refractivity contribution in [2.75, 3.05) is 6.54 Å². The van der Waals surface area contributed by atoms with Crippen molar-refractivity contribution in [3.63, 3.8) is 0 Å². The van der Waals surface area contributed by atoms with Crippen molar-refractivity contribution in [1.29, 1.82) is 0 Å². The van der Waals surface area contributed by atoms with Gasteiger partial charge in [-0.2, -0.15) is 8.78 Å². The molecule has 0 fully saturated rings. The van der Waals surface area contributed by atoms with Gasteiger partial charge in [0.15, 0.2) is 0 Å². The smallest absolute Gasteiger partial charge is 0.387 e. The molecule has 20 heavy (non-hydrogen) atoms. The number of carbonyl (C=O) groups is 2. The first-order valence-electron chi connectivity index (χ1n) is 5.80. The zero-order chi connectivity index (χ0) is 15.3. The lowest BCUT2D eigenvalue weighted by atomic mass is 10.1. The molecule has 0 radical (unpaired) electrons. The third-order valence-electron chi connectivity index (χ3n) is 1.98. The summed E-state index contributed by atoms with van der Waals surface area (Å²) in [7, 11) is 0. The van der Waals surface area contributed by atoms with Crippen molar-refractivity contribution in [3.8, 4) is 5.75 Å². The molecule has 1 aromatic heterocycles. The second-order valence-electron chi connectivity index (χ2n) is 4.97. The van der Waals surface area contributed by atoms with Crippen molar-refractivity contribution in [1.82, 2.24) is 10.6 Å². The number of thiophene rings is 1. The van der Waals surface area contributed by atoms with E-state index in [0.717, 1.165) is 11.3 Å². The topological polar surface area (TPSA) is 67.4 Å². The van der Waals surface area contributed by atoms with Gasteiger partial charge in [-0.05, 0) is 32.2 Å². The molecule has 0 unspecified atom stereocenters. The van der Waals surface area contributed by atoms with Gasteiger partial charge in [-0.3, -0.25) is 9.59 Å². The number of carbonyl (C=O) groups excluding carboxylic acids is 2. The predicted octanol–water partition coefficient (Wildman–Crippen LogP) is 1.99. The number of hydrogen-bond acceptors (Lipinski definition) is 4. The molecule has 0 saturated carbocycles. The Bertz CT molecular complexity index is 483. The SMILES string of the molecule is CC(C)(C)NC(=O)CNC(=O)c1sccc1OC(F)F. The summed E-state index contributed by atoms with van der Waals surface area (Å²) in [5.74, 6) is -1.18. The minimum Gasteiger partial charge on any atom is -0.433 e. The molecule has 8 heteroatoms. The average Bonchev–Trinajstić information content (AvgIpc) is 2.70. The second kappa shape index (κ2) is 6.65. The summed E-state index contributed by atoms with van der Waals surface area (Å²) >= 11 is 0.962. The Morgan fingerprint density at radius 1 is 1.40 bits per heavy atom. The van der Waals surface area contributed by atoms with Gasteiger partial charge >= 0.3 is 6.61 Å². The molecule has 2 N–H and O–H groups in total. The van der Waals surface area contributed by atoms with Crippen molar-refractivity contribution < 1.29 is 23.1 Å². The van der Waals surface area contributed by atoms with Crippen LogP contribution in [0.5, 0.6) is 5.75 Å². The van der Waals surface area contributed by atoms with Gasteiger partial charge in [-0.1, -0.05) is 0 Å². The van der Waals surface area contributed by atoms with Crippen LogP contribution >= 0.6 is 11.3 Å². The molecule has 2 amide bonds. The van der Waals surface area contributed by atoms with Gasteiger partial charge in [0, 0.05) is 5.54 Å². The molecular weight excluding hydrogens is 290 g/mol. The Morgan fingerprint density at radius 3 is 2.60 bits per heavy atom. The molecule has 1 heterocycles. The normalized spacial score (nSPS) is 11.3. The Hall–Kier alpha value is -1.70. The molecule has 0 aliphatic carbocycles. The molecule has 112 valence electrons. The van der Waals surface area contributed by atoms with Crippen LogP contribution in [0.3, 0.4) is 0 Å². The van der Waals surface area contributed by atoms with Crippen LogP contribution in [0.1, 0.15) is 30.4 Å². The number of ether oxygens (including phenoxy) is 1. The van der Waals surface area contributed by atoms with Crippen LogP contribution in [-0.2, 0) is 4.79 Å². The lowest BCUT2D eigenvalue weighted by molar-refractivity contribution is -0.121. The molecular formula is C12H16F2N2O3S. The highest BCUT2D eigenvalue weighted by molar-refractivity contribution is 7.12. The fourth-order valence-corrected chi connectivity index (χ4v) is 2.09. The van der Waals surface area contributed by atoms with Crippen LogP contribution in [0.2, 0.25) is 0 Å². The van der Waals surface area contributed by atoms with E-state index in [1.54, 1.807) is 20.8 Å². The second-order valence-corrected chi connectivity index (χ2v) is 5.89.